The van der Waals surface area contributed by atoms with Crippen LogP contribution in [-0.4, -0.2) is 59.8 Å². The Bertz CT molecular complexity index is 811. The molecule has 2 aromatic rings. The highest BCUT2D eigenvalue weighted by Crippen LogP contribution is 2.28. The number of nitrogen functional groups attached to an aromatic ring is 1. The van der Waals surface area contributed by atoms with Gasteiger partial charge >= 0.3 is 0 Å². The maximum absolute atomic E-state index is 12.4. The van der Waals surface area contributed by atoms with Gasteiger partial charge in [-0.1, -0.05) is 6.07 Å². The summed E-state index contributed by atoms with van der Waals surface area (Å²) in [4.78, 5) is 23.2. The molecule has 2 N–H and O–H groups in total. The molecule has 160 valence electrons. The van der Waals surface area contributed by atoms with Crippen molar-refractivity contribution in [2.24, 2.45) is 0 Å². The number of pyridine rings is 2. The average molecular weight is 411 g/mol. The van der Waals surface area contributed by atoms with E-state index >= 15 is 0 Å². The molecule has 2 saturated heterocycles. The summed E-state index contributed by atoms with van der Waals surface area (Å²) < 4.78 is 11.3. The van der Waals surface area contributed by atoms with Gasteiger partial charge in [-0.3, -0.25) is 9.78 Å². The Kier molecular flexibility index (Phi) is 6.92. The average Bonchev–Trinajstić information content (AvgIpc) is 2.80. The maximum atomic E-state index is 12.4. The lowest BCUT2D eigenvalue weighted by molar-refractivity contribution is -0.139. The van der Waals surface area contributed by atoms with Crippen LogP contribution in [0.25, 0.3) is 11.1 Å². The minimum atomic E-state index is 0.0726. The molecular weight excluding hydrogens is 380 g/mol. The van der Waals surface area contributed by atoms with Gasteiger partial charge < -0.3 is 20.1 Å². The number of likely N-dealkylation sites (tertiary alicyclic amines) is 1. The minimum absolute atomic E-state index is 0.0726. The van der Waals surface area contributed by atoms with Crippen molar-refractivity contribution in [2.75, 3.05) is 38.6 Å². The number of aromatic nitrogens is 2. The molecule has 0 bridgehead atoms. The van der Waals surface area contributed by atoms with Crippen LogP contribution in [0.2, 0.25) is 0 Å². The van der Waals surface area contributed by atoms with E-state index in [4.69, 9.17) is 15.2 Å². The molecule has 2 fully saturated rings. The summed E-state index contributed by atoms with van der Waals surface area (Å²) in [6, 6.07) is 7.91. The fourth-order valence-corrected chi connectivity index (χ4v) is 4.13. The molecule has 0 saturated carbocycles. The normalized spacial score (nSPS) is 20.3. The van der Waals surface area contributed by atoms with Crippen LogP contribution in [0.1, 0.15) is 43.7 Å². The smallest absolute Gasteiger partial charge is 0.248 e. The summed E-state index contributed by atoms with van der Waals surface area (Å²) in [5.41, 5.74) is 8.76. The van der Waals surface area contributed by atoms with Crippen molar-refractivity contribution in [1.82, 2.24) is 14.9 Å². The molecule has 2 aliphatic rings. The Hall–Kier alpha value is -2.51. The number of nitrogens with zero attached hydrogens (tertiary/aromatic N) is 3. The minimum Gasteiger partial charge on any atom is -0.384 e. The molecule has 0 aliphatic carbocycles. The van der Waals surface area contributed by atoms with Crippen LogP contribution < -0.4 is 5.73 Å². The van der Waals surface area contributed by atoms with E-state index in [0.29, 0.717) is 18.3 Å². The van der Waals surface area contributed by atoms with Crippen molar-refractivity contribution in [1.29, 1.82) is 0 Å². The van der Waals surface area contributed by atoms with E-state index in [0.717, 1.165) is 62.2 Å². The molecule has 0 aromatic carbocycles. The number of ether oxygens (including phenoxy) is 2. The molecule has 7 nitrogen and oxygen atoms in total. The third-order valence-electron chi connectivity index (χ3n) is 5.98. The second kappa shape index (κ2) is 10.00. The second-order valence-corrected chi connectivity index (χ2v) is 8.10. The zero-order valence-electron chi connectivity index (χ0n) is 17.3. The van der Waals surface area contributed by atoms with Crippen LogP contribution in [0, 0.1) is 0 Å². The number of anilines is 1. The molecule has 1 atom stereocenters. The van der Waals surface area contributed by atoms with Gasteiger partial charge in [-0.2, -0.15) is 0 Å². The van der Waals surface area contributed by atoms with Gasteiger partial charge in [0.2, 0.25) is 5.91 Å². The van der Waals surface area contributed by atoms with Crippen molar-refractivity contribution < 1.29 is 14.3 Å². The van der Waals surface area contributed by atoms with E-state index in [9.17, 15) is 4.79 Å². The van der Waals surface area contributed by atoms with E-state index in [1.54, 1.807) is 12.3 Å². The third-order valence-corrected chi connectivity index (χ3v) is 5.98. The fourth-order valence-electron chi connectivity index (χ4n) is 4.13. The summed E-state index contributed by atoms with van der Waals surface area (Å²) in [7, 11) is 0. The highest BCUT2D eigenvalue weighted by molar-refractivity contribution is 5.77. The highest BCUT2D eigenvalue weighted by atomic mass is 16.5. The van der Waals surface area contributed by atoms with Crippen LogP contribution >= 0.6 is 0 Å². The maximum Gasteiger partial charge on any atom is 0.248 e. The number of piperidine rings is 1. The standard InChI is InChI=1S/C23H30N4O3/c24-22-7-5-19(14-26-22)18-4-6-21(25-13-18)17-8-10-27(11-9-17)23(28)16-29-15-20-3-1-2-12-30-20/h4-7,13-14,17,20H,1-3,8-12,15-16H2,(H2,24,26)/t20-/m0/s1. The van der Waals surface area contributed by atoms with E-state index in [-0.39, 0.29) is 18.6 Å². The predicted octanol–water partition coefficient (Wildman–Crippen LogP) is 3.02. The number of nitrogens with two attached hydrogens (primary N) is 1. The summed E-state index contributed by atoms with van der Waals surface area (Å²) in [5.74, 6) is 0.963. The second-order valence-electron chi connectivity index (χ2n) is 8.10. The van der Waals surface area contributed by atoms with Gasteiger partial charge in [0.15, 0.2) is 0 Å². The SMILES string of the molecule is Nc1ccc(-c2ccc(C3CCN(C(=O)COC[C@@H]4CCCCO4)CC3)nc2)cn1. The molecule has 7 heteroatoms. The Balaban J connectivity index is 1.22. The van der Waals surface area contributed by atoms with Crippen molar-refractivity contribution in [3.63, 3.8) is 0 Å². The van der Waals surface area contributed by atoms with Crippen LogP contribution in [-0.2, 0) is 14.3 Å². The zero-order valence-corrected chi connectivity index (χ0v) is 17.3. The molecule has 2 aromatic heterocycles. The van der Waals surface area contributed by atoms with Gasteiger partial charge in [-0.15, -0.1) is 0 Å². The number of rotatable bonds is 6. The van der Waals surface area contributed by atoms with Crippen molar-refractivity contribution >= 4 is 11.7 Å². The quantitative estimate of drug-likeness (QED) is 0.787. The first kappa shape index (κ1) is 20.8. The van der Waals surface area contributed by atoms with E-state index < -0.39 is 0 Å². The highest BCUT2D eigenvalue weighted by Gasteiger charge is 2.25. The Morgan fingerprint density at radius 1 is 1.07 bits per heavy atom. The number of hydrogen-bond donors (Lipinski definition) is 1. The van der Waals surface area contributed by atoms with Gasteiger partial charge in [0, 0.05) is 54.8 Å². The molecule has 1 amide bonds. The fraction of sp³-hybridized carbons (Fsp3) is 0.522. The number of amides is 1. The van der Waals surface area contributed by atoms with Gasteiger partial charge in [0.1, 0.15) is 12.4 Å². The molecule has 4 heterocycles. The predicted molar refractivity (Wildman–Crippen MR) is 115 cm³/mol. The lowest BCUT2D eigenvalue weighted by Gasteiger charge is -2.32. The van der Waals surface area contributed by atoms with Crippen LogP contribution in [0.15, 0.2) is 36.7 Å². The zero-order chi connectivity index (χ0) is 20.8. The molecular formula is C23H30N4O3. The number of hydrogen-bond acceptors (Lipinski definition) is 6. The lowest BCUT2D eigenvalue weighted by Crippen LogP contribution is -2.40. The van der Waals surface area contributed by atoms with E-state index in [2.05, 4.69) is 22.1 Å². The topological polar surface area (TPSA) is 90.6 Å². The Morgan fingerprint density at radius 2 is 1.83 bits per heavy atom. The molecule has 0 radical (unpaired) electrons. The van der Waals surface area contributed by atoms with Gasteiger partial charge in [-0.05, 0) is 50.3 Å². The van der Waals surface area contributed by atoms with Crippen molar-refractivity contribution in [3.8, 4) is 11.1 Å². The largest absolute Gasteiger partial charge is 0.384 e. The van der Waals surface area contributed by atoms with Crippen LogP contribution in [0.5, 0.6) is 0 Å². The first-order valence-electron chi connectivity index (χ1n) is 10.8. The molecule has 0 unspecified atom stereocenters. The monoisotopic (exact) mass is 410 g/mol. The van der Waals surface area contributed by atoms with Crippen molar-refractivity contribution in [3.05, 3.63) is 42.4 Å². The molecule has 0 spiro atoms. The van der Waals surface area contributed by atoms with Crippen LogP contribution in [0.3, 0.4) is 0 Å². The van der Waals surface area contributed by atoms with Gasteiger partial charge in [0.05, 0.1) is 12.7 Å². The lowest BCUT2D eigenvalue weighted by atomic mass is 9.92. The Morgan fingerprint density at radius 3 is 2.47 bits per heavy atom. The van der Waals surface area contributed by atoms with Crippen molar-refractivity contribution in [2.45, 2.75) is 44.1 Å². The van der Waals surface area contributed by atoms with E-state index in [1.807, 2.05) is 17.2 Å². The number of carbonyl (C=O) groups is 1. The summed E-state index contributed by atoms with van der Waals surface area (Å²) in [6.07, 6.45) is 8.98. The number of carbonyl (C=O) groups excluding carboxylic acids is 1. The first-order valence-corrected chi connectivity index (χ1v) is 10.8. The van der Waals surface area contributed by atoms with Gasteiger partial charge in [0.25, 0.3) is 0 Å². The first-order chi connectivity index (χ1) is 14.7. The summed E-state index contributed by atoms with van der Waals surface area (Å²) in [6.45, 7) is 2.96. The third kappa shape index (κ3) is 5.34. The molecule has 30 heavy (non-hydrogen) atoms. The Labute approximate surface area is 177 Å². The summed E-state index contributed by atoms with van der Waals surface area (Å²) in [5, 5.41) is 0. The summed E-state index contributed by atoms with van der Waals surface area (Å²) >= 11 is 0. The van der Waals surface area contributed by atoms with Gasteiger partial charge in [-0.25, -0.2) is 4.98 Å². The van der Waals surface area contributed by atoms with Crippen LogP contribution in [0.4, 0.5) is 5.82 Å². The molecule has 4 rings (SSSR count). The van der Waals surface area contributed by atoms with E-state index in [1.165, 1.54) is 6.42 Å². The molecule has 2 aliphatic heterocycles.